The Hall–Kier alpha value is -3.52. The second-order valence-corrected chi connectivity index (χ2v) is 6.80. The van der Waals surface area contributed by atoms with Gasteiger partial charge in [0.05, 0.1) is 11.6 Å². The number of aromatic nitrogens is 6. The van der Waals surface area contributed by atoms with Crippen molar-refractivity contribution in [2.75, 3.05) is 5.32 Å². The molecule has 4 rings (SSSR count). The molecule has 0 saturated heterocycles. The van der Waals surface area contributed by atoms with Gasteiger partial charge in [0.1, 0.15) is 18.2 Å². The van der Waals surface area contributed by atoms with Gasteiger partial charge in [-0.3, -0.25) is 0 Å². The molecule has 2 aromatic carbocycles. The first-order valence-electron chi connectivity index (χ1n) is 8.99. The van der Waals surface area contributed by atoms with Gasteiger partial charge in [0.2, 0.25) is 5.95 Å². The molecule has 146 valence electrons. The fourth-order valence-corrected chi connectivity index (χ4v) is 2.91. The van der Waals surface area contributed by atoms with Crippen molar-refractivity contribution in [3.63, 3.8) is 0 Å². The number of nitrogens with zero attached hydrogens (tertiary/aromatic N) is 6. The van der Waals surface area contributed by atoms with Crippen LogP contribution in [0.15, 0.2) is 67.3 Å². The molecule has 1 atom stereocenters. The minimum absolute atomic E-state index is 0.167. The van der Waals surface area contributed by atoms with E-state index in [2.05, 4.69) is 30.8 Å². The van der Waals surface area contributed by atoms with Crippen LogP contribution in [0.2, 0.25) is 5.02 Å². The van der Waals surface area contributed by atoms with Gasteiger partial charge >= 0.3 is 0 Å². The highest BCUT2D eigenvalue weighted by Gasteiger charge is 2.11. The zero-order valence-corrected chi connectivity index (χ0v) is 16.4. The van der Waals surface area contributed by atoms with E-state index in [1.165, 1.54) is 0 Å². The van der Waals surface area contributed by atoms with E-state index in [-0.39, 0.29) is 6.10 Å². The van der Waals surface area contributed by atoms with Crippen molar-refractivity contribution in [3.8, 4) is 16.9 Å². The first-order valence-corrected chi connectivity index (χ1v) is 9.36. The summed E-state index contributed by atoms with van der Waals surface area (Å²) >= 11 is 6.31. The van der Waals surface area contributed by atoms with E-state index in [1.807, 2.05) is 49.4 Å². The number of tetrazole rings is 1. The summed E-state index contributed by atoms with van der Waals surface area (Å²) < 4.78 is 7.59. The Morgan fingerprint density at radius 2 is 1.86 bits per heavy atom. The number of halogens is 1. The number of rotatable bonds is 7. The first-order chi connectivity index (χ1) is 14.2. The number of benzene rings is 2. The van der Waals surface area contributed by atoms with E-state index in [0.29, 0.717) is 23.3 Å². The molecule has 29 heavy (non-hydrogen) atoms. The van der Waals surface area contributed by atoms with E-state index >= 15 is 0 Å². The maximum absolute atomic E-state index is 6.31. The molecule has 1 unspecified atom stereocenters. The Morgan fingerprint density at radius 3 is 2.59 bits per heavy atom. The van der Waals surface area contributed by atoms with E-state index in [4.69, 9.17) is 16.3 Å². The minimum atomic E-state index is -0.167. The van der Waals surface area contributed by atoms with Crippen molar-refractivity contribution >= 4 is 23.2 Å². The van der Waals surface area contributed by atoms with Crippen LogP contribution in [0.5, 0.6) is 5.75 Å². The van der Waals surface area contributed by atoms with E-state index in [1.54, 1.807) is 29.5 Å². The number of hydrogen-bond acceptors (Lipinski definition) is 7. The molecule has 0 fully saturated rings. The molecule has 1 N–H and O–H groups in total. The van der Waals surface area contributed by atoms with Crippen LogP contribution < -0.4 is 10.1 Å². The highest BCUT2D eigenvalue weighted by atomic mass is 35.5. The molecule has 8 nitrogen and oxygen atoms in total. The van der Waals surface area contributed by atoms with Crippen molar-refractivity contribution in [2.45, 2.75) is 19.6 Å². The van der Waals surface area contributed by atoms with E-state index < -0.39 is 0 Å². The zero-order valence-electron chi connectivity index (χ0n) is 15.6. The fraction of sp³-hybridized carbons (Fsp3) is 0.150. The predicted molar refractivity (Wildman–Crippen MR) is 110 cm³/mol. The summed E-state index contributed by atoms with van der Waals surface area (Å²) in [6, 6.07) is 15.3. The fourth-order valence-electron chi connectivity index (χ4n) is 2.75. The van der Waals surface area contributed by atoms with E-state index in [0.717, 1.165) is 16.8 Å². The monoisotopic (exact) mass is 407 g/mol. The maximum atomic E-state index is 6.31. The topological polar surface area (TPSA) is 90.6 Å². The number of anilines is 2. The average molecular weight is 408 g/mol. The molecular formula is C20H18ClN7O. The van der Waals surface area contributed by atoms with E-state index in [9.17, 15) is 0 Å². The van der Waals surface area contributed by atoms with Crippen LogP contribution in [-0.4, -0.2) is 36.3 Å². The van der Waals surface area contributed by atoms with Crippen molar-refractivity contribution in [1.82, 2.24) is 30.2 Å². The van der Waals surface area contributed by atoms with Gasteiger partial charge in [-0.25, -0.2) is 14.6 Å². The van der Waals surface area contributed by atoms with Crippen molar-refractivity contribution in [3.05, 3.63) is 72.3 Å². The van der Waals surface area contributed by atoms with Gasteiger partial charge in [-0.1, -0.05) is 35.9 Å². The molecule has 2 aromatic heterocycles. The summed E-state index contributed by atoms with van der Waals surface area (Å²) in [7, 11) is 0. The number of nitrogens with one attached hydrogen (secondary N) is 1. The molecule has 4 aromatic rings. The number of ether oxygens (including phenoxy) is 1. The summed E-state index contributed by atoms with van der Waals surface area (Å²) in [4.78, 5) is 8.78. The smallest absolute Gasteiger partial charge is 0.227 e. The first kappa shape index (κ1) is 18.8. The summed E-state index contributed by atoms with van der Waals surface area (Å²) in [6.07, 6.45) is 4.89. The van der Waals surface area contributed by atoms with Crippen LogP contribution in [-0.2, 0) is 6.54 Å². The molecule has 0 spiro atoms. The van der Waals surface area contributed by atoms with Gasteiger partial charge in [-0.2, -0.15) is 0 Å². The zero-order chi connectivity index (χ0) is 20.1. The van der Waals surface area contributed by atoms with Gasteiger partial charge in [-0.05, 0) is 47.2 Å². The lowest BCUT2D eigenvalue weighted by atomic mass is 10.1. The Bertz CT molecular complexity index is 1060. The van der Waals surface area contributed by atoms with Crippen molar-refractivity contribution in [2.24, 2.45) is 0 Å². The Labute approximate surface area is 172 Å². The van der Waals surface area contributed by atoms with Crippen LogP contribution in [0.3, 0.4) is 0 Å². The highest BCUT2D eigenvalue weighted by Crippen LogP contribution is 2.31. The molecule has 0 aliphatic carbocycles. The number of hydrogen-bond donors (Lipinski definition) is 1. The number of para-hydroxylation sites is 1. The van der Waals surface area contributed by atoms with Crippen molar-refractivity contribution < 1.29 is 4.74 Å². The average Bonchev–Trinajstić information content (AvgIpc) is 3.24. The van der Waals surface area contributed by atoms with Crippen LogP contribution in [0.4, 0.5) is 11.6 Å². The minimum Gasteiger partial charge on any atom is -0.487 e. The largest absolute Gasteiger partial charge is 0.487 e. The molecule has 0 aliphatic rings. The van der Waals surface area contributed by atoms with Crippen LogP contribution in [0, 0.1) is 0 Å². The molecular weight excluding hydrogens is 390 g/mol. The van der Waals surface area contributed by atoms with Gasteiger partial charge in [0, 0.05) is 23.6 Å². The molecule has 2 heterocycles. The highest BCUT2D eigenvalue weighted by molar-refractivity contribution is 6.32. The molecule has 0 aliphatic heterocycles. The molecule has 0 bridgehead atoms. The lowest BCUT2D eigenvalue weighted by Crippen LogP contribution is -2.20. The second kappa shape index (κ2) is 8.66. The Kier molecular flexibility index (Phi) is 5.62. The third-order valence-electron chi connectivity index (χ3n) is 4.11. The third kappa shape index (κ3) is 4.85. The lowest BCUT2D eigenvalue weighted by molar-refractivity contribution is 0.193. The third-order valence-corrected chi connectivity index (χ3v) is 4.42. The van der Waals surface area contributed by atoms with Gasteiger partial charge in [0.15, 0.2) is 0 Å². The molecule has 0 radical (unpaired) electrons. The maximum Gasteiger partial charge on any atom is 0.227 e. The molecule has 0 saturated carbocycles. The SMILES string of the molecule is CC(Cn1cnnn1)Oc1cc(-c2cnc(Nc3ccccc3)nc2)ccc1Cl. The summed E-state index contributed by atoms with van der Waals surface area (Å²) in [5, 5.41) is 14.8. The van der Waals surface area contributed by atoms with Gasteiger partial charge in [-0.15, -0.1) is 5.10 Å². The predicted octanol–water partition coefficient (Wildman–Crippen LogP) is 3.99. The standard InChI is InChI=1S/C20H18ClN7O/c1-14(12-28-13-24-26-27-28)29-19-9-15(7-8-18(19)21)16-10-22-20(23-11-16)25-17-5-3-2-4-6-17/h2-11,13-14H,12H2,1H3,(H,22,23,25). The quantitative estimate of drug-likeness (QED) is 0.495. The van der Waals surface area contributed by atoms with Crippen molar-refractivity contribution in [1.29, 1.82) is 0 Å². The van der Waals surface area contributed by atoms with Crippen LogP contribution in [0.1, 0.15) is 6.92 Å². The Balaban J connectivity index is 1.47. The summed E-state index contributed by atoms with van der Waals surface area (Å²) in [5.41, 5.74) is 2.70. The van der Waals surface area contributed by atoms with Gasteiger partial charge < -0.3 is 10.1 Å². The van der Waals surface area contributed by atoms with Crippen LogP contribution in [0.25, 0.3) is 11.1 Å². The lowest BCUT2D eigenvalue weighted by Gasteiger charge is -2.16. The molecule has 0 amide bonds. The second-order valence-electron chi connectivity index (χ2n) is 6.39. The van der Waals surface area contributed by atoms with Gasteiger partial charge in [0.25, 0.3) is 0 Å². The molecule has 9 heteroatoms. The summed E-state index contributed by atoms with van der Waals surface area (Å²) in [5.74, 6) is 1.11. The normalized spacial score (nSPS) is 11.8. The van der Waals surface area contributed by atoms with Crippen LogP contribution >= 0.6 is 11.6 Å². The summed E-state index contributed by atoms with van der Waals surface area (Å²) in [6.45, 7) is 2.44. The Morgan fingerprint density at radius 1 is 1.07 bits per heavy atom.